The summed E-state index contributed by atoms with van der Waals surface area (Å²) in [6.07, 6.45) is 1.70. The lowest BCUT2D eigenvalue weighted by molar-refractivity contribution is 0.0580. The summed E-state index contributed by atoms with van der Waals surface area (Å²) in [6.45, 7) is 2.29. The summed E-state index contributed by atoms with van der Waals surface area (Å²) in [5.74, 6) is -0.780. The van der Waals surface area contributed by atoms with Crippen molar-refractivity contribution < 1.29 is 14.3 Å². The zero-order valence-electron chi connectivity index (χ0n) is 15.9. The molecule has 0 aliphatic heterocycles. The van der Waals surface area contributed by atoms with E-state index in [4.69, 9.17) is 4.74 Å². The molecule has 142 valence electrons. The number of carbonyl (C=O) groups excluding carboxylic acids is 2. The van der Waals surface area contributed by atoms with E-state index in [-0.39, 0.29) is 17.5 Å². The first-order valence-corrected chi connectivity index (χ1v) is 9.05. The number of methoxy groups -OCH3 is 1. The molecule has 0 saturated carbocycles. The third-order valence-corrected chi connectivity index (χ3v) is 4.63. The average Bonchev–Trinajstić information content (AvgIpc) is 2.77. The van der Waals surface area contributed by atoms with Crippen LogP contribution in [0.25, 0.3) is 0 Å². The molecule has 0 saturated heterocycles. The van der Waals surface area contributed by atoms with Crippen molar-refractivity contribution in [3.8, 4) is 0 Å². The standard InChI is InChI=1S/C23H22N2O3/c1-17(18-10-4-3-5-11-18)25(16-19-12-8-9-15-24-19)22(26)20-13-6-7-14-21(20)23(27)28-2/h3-15,17H,16H2,1-2H3/t17-/m0/s1. The fourth-order valence-electron chi connectivity index (χ4n) is 3.07. The molecule has 0 aliphatic rings. The number of benzene rings is 2. The fourth-order valence-corrected chi connectivity index (χ4v) is 3.07. The number of nitrogens with zero attached hydrogens (tertiary/aromatic N) is 2. The highest BCUT2D eigenvalue weighted by Gasteiger charge is 2.27. The summed E-state index contributed by atoms with van der Waals surface area (Å²) in [6, 6.07) is 21.9. The summed E-state index contributed by atoms with van der Waals surface area (Å²) in [5.41, 5.74) is 2.34. The summed E-state index contributed by atoms with van der Waals surface area (Å²) in [4.78, 5) is 31.7. The molecule has 5 heteroatoms. The maximum atomic E-state index is 13.5. The highest BCUT2D eigenvalue weighted by Crippen LogP contribution is 2.25. The van der Waals surface area contributed by atoms with Gasteiger partial charge in [-0.2, -0.15) is 0 Å². The first kappa shape index (κ1) is 19.3. The lowest BCUT2D eigenvalue weighted by atomic mass is 10.0. The Kier molecular flexibility index (Phi) is 6.17. The zero-order valence-corrected chi connectivity index (χ0v) is 15.9. The quantitative estimate of drug-likeness (QED) is 0.605. The molecule has 0 bridgehead atoms. The lowest BCUT2D eigenvalue weighted by Crippen LogP contribution is -2.34. The third kappa shape index (κ3) is 4.26. The zero-order chi connectivity index (χ0) is 19.9. The number of amides is 1. The van der Waals surface area contributed by atoms with Crippen LogP contribution in [0.5, 0.6) is 0 Å². The molecule has 0 unspecified atom stereocenters. The van der Waals surface area contributed by atoms with E-state index >= 15 is 0 Å². The topological polar surface area (TPSA) is 59.5 Å². The van der Waals surface area contributed by atoms with Crippen LogP contribution in [-0.4, -0.2) is 28.9 Å². The number of esters is 1. The molecule has 0 spiro atoms. The van der Waals surface area contributed by atoms with E-state index in [1.807, 2.05) is 55.5 Å². The van der Waals surface area contributed by atoms with Gasteiger partial charge in [0.1, 0.15) is 0 Å². The Hall–Kier alpha value is -3.47. The molecule has 3 aromatic rings. The van der Waals surface area contributed by atoms with Gasteiger partial charge in [0.2, 0.25) is 0 Å². The lowest BCUT2D eigenvalue weighted by Gasteiger charge is -2.30. The highest BCUT2D eigenvalue weighted by atomic mass is 16.5. The second-order valence-corrected chi connectivity index (χ2v) is 6.38. The minimum absolute atomic E-state index is 0.207. The largest absolute Gasteiger partial charge is 0.465 e. The van der Waals surface area contributed by atoms with Crippen molar-refractivity contribution in [3.05, 3.63) is 101 Å². The average molecular weight is 374 g/mol. The Morgan fingerprint density at radius 2 is 1.57 bits per heavy atom. The van der Waals surface area contributed by atoms with Crippen LogP contribution in [0.2, 0.25) is 0 Å². The van der Waals surface area contributed by atoms with Crippen LogP contribution in [0.1, 0.15) is 44.9 Å². The van der Waals surface area contributed by atoms with Gasteiger partial charge < -0.3 is 9.64 Å². The molecule has 1 amide bonds. The van der Waals surface area contributed by atoms with E-state index < -0.39 is 5.97 Å². The van der Waals surface area contributed by atoms with Gasteiger partial charge in [0.05, 0.1) is 36.5 Å². The maximum Gasteiger partial charge on any atom is 0.338 e. The fraction of sp³-hybridized carbons (Fsp3) is 0.174. The van der Waals surface area contributed by atoms with E-state index in [0.29, 0.717) is 12.1 Å². The Labute approximate surface area is 164 Å². The number of pyridine rings is 1. The van der Waals surface area contributed by atoms with Crippen molar-refractivity contribution >= 4 is 11.9 Å². The van der Waals surface area contributed by atoms with Crippen LogP contribution < -0.4 is 0 Å². The molecule has 0 N–H and O–H groups in total. The molecule has 5 nitrogen and oxygen atoms in total. The van der Waals surface area contributed by atoms with Crippen LogP contribution in [-0.2, 0) is 11.3 Å². The number of ether oxygens (including phenoxy) is 1. The molecule has 2 aromatic carbocycles. The van der Waals surface area contributed by atoms with E-state index in [0.717, 1.165) is 11.3 Å². The van der Waals surface area contributed by atoms with Crippen molar-refractivity contribution in [2.75, 3.05) is 7.11 Å². The van der Waals surface area contributed by atoms with Crippen molar-refractivity contribution in [2.45, 2.75) is 19.5 Å². The van der Waals surface area contributed by atoms with Crippen LogP contribution in [0, 0.1) is 0 Å². The predicted octanol–water partition coefficient (Wildman–Crippen LogP) is 4.27. The maximum absolute atomic E-state index is 13.5. The number of aromatic nitrogens is 1. The second kappa shape index (κ2) is 8.95. The third-order valence-electron chi connectivity index (χ3n) is 4.63. The molecule has 3 rings (SSSR count). The van der Waals surface area contributed by atoms with Gasteiger partial charge in [0.25, 0.3) is 5.91 Å². The number of rotatable bonds is 6. The van der Waals surface area contributed by atoms with Gasteiger partial charge in [-0.05, 0) is 36.8 Å². The first-order chi connectivity index (χ1) is 13.6. The van der Waals surface area contributed by atoms with Crippen LogP contribution >= 0.6 is 0 Å². The smallest absolute Gasteiger partial charge is 0.338 e. The van der Waals surface area contributed by atoms with Gasteiger partial charge in [-0.15, -0.1) is 0 Å². The molecule has 0 fully saturated rings. The van der Waals surface area contributed by atoms with E-state index in [9.17, 15) is 9.59 Å². The normalized spacial score (nSPS) is 11.5. The van der Waals surface area contributed by atoms with Gasteiger partial charge in [-0.3, -0.25) is 9.78 Å². The molecule has 0 aliphatic carbocycles. The molecular weight excluding hydrogens is 352 g/mol. The summed E-state index contributed by atoms with van der Waals surface area (Å²) >= 11 is 0. The van der Waals surface area contributed by atoms with E-state index in [1.54, 1.807) is 35.4 Å². The molecular formula is C23H22N2O3. The van der Waals surface area contributed by atoms with Gasteiger partial charge in [-0.25, -0.2) is 4.79 Å². The van der Waals surface area contributed by atoms with Crippen LogP contribution in [0.4, 0.5) is 0 Å². The summed E-state index contributed by atoms with van der Waals surface area (Å²) in [5, 5.41) is 0. The molecule has 1 heterocycles. The predicted molar refractivity (Wildman–Crippen MR) is 107 cm³/mol. The Morgan fingerprint density at radius 1 is 0.929 bits per heavy atom. The monoisotopic (exact) mass is 374 g/mol. The van der Waals surface area contributed by atoms with Crippen molar-refractivity contribution in [2.24, 2.45) is 0 Å². The van der Waals surface area contributed by atoms with E-state index in [1.165, 1.54) is 7.11 Å². The SMILES string of the molecule is COC(=O)c1ccccc1C(=O)N(Cc1ccccn1)[C@@H](C)c1ccccc1. The van der Waals surface area contributed by atoms with Gasteiger partial charge in [0.15, 0.2) is 0 Å². The van der Waals surface area contributed by atoms with Crippen molar-refractivity contribution in [1.29, 1.82) is 0 Å². The van der Waals surface area contributed by atoms with Crippen molar-refractivity contribution in [1.82, 2.24) is 9.88 Å². The van der Waals surface area contributed by atoms with Crippen LogP contribution in [0.15, 0.2) is 79.0 Å². The molecule has 1 aromatic heterocycles. The van der Waals surface area contributed by atoms with Gasteiger partial charge in [-0.1, -0.05) is 48.5 Å². The van der Waals surface area contributed by atoms with E-state index in [2.05, 4.69) is 4.98 Å². The Balaban J connectivity index is 2.01. The molecule has 0 radical (unpaired) electrons. The Morgan fingerprint density at radius 3 is 2.21 bits per heavy atom. The van der Waals surface area contributed by atoms with Gasteiger partial charge >= 0.3 is 5.97 Å². The number of hydrogen-bond acceptors (Lipinski definition) is 4. The number of hydrogen-bond donors (Lipinski definition) is 0. The van der Waals surface area contributed by atoms with Crippen molar-refractivity contribution in [3.63, 3.8) is 0 Å². The second-order valence-electron chi connectivity index (χ2n) is 6.38. The molecule has 28 heavy (non-hydrogen) atoms. The summed E-state index contributed by atoms with van der Waals surface area (Å²) < 4.78 is 4.85. The summed E-state index contributed by atoms with van der Waals surface area (Å²) in [7, 11) is 1.31. The molecule has 1 atom stereocenters. The number of carbonyl (C=O) groups is 2. The van der Waals surface area contributed by atoms with Crippen LogP contribution in [0.3, 0.4) is 0 Å². The Bertz CT molecular complexity index is 942. The van der Waals surface area contributed by atoms with Gasteiger partial charge in [0, 0.05) is 6.20 Å². The highest BCUT2D eigenvalue weighted by molar-refractivity contribution is 6.05. The minimum atomic E-state index is -0.533. The first-order valence-electron chi connectivity index (χ1n) is 9.05. The minimum Gasteiger partial charge on any atom is -0.465 e.